The molecule has 26 heavy (non-hydrogen) atoms. The average molecular weight is 367 g/mol. The molecule has 2 aromatic heterocycles. The number of carbonyl (C=O) groups is 2. The van der Waals surface area contributed by atoms with Gasteiger partial charge < -0.3 is 10.6 Å². The van der Waals surface area contributed by atoms with Crippen LogP contribution < -0.4 is 10.6 Å². The highest BCUT2D eigenvalue weighted by molar-refractivity contribution is 7.10. The molecule has 0 aliphatic carbocycles. The lowest BCUT2D eigenvalue weighted by atomic mass is 9.90. The molecule has 4 rings (SSSR count). The second-order valence-electron chi connectivity index (χ2n) is 6.29. The molecule has 0 bridgehead atoms. The summed E-state index contributed by atoms with van der Waals surface area (Å²) in [4.78, 5) is 29.8. The van der Waals surface area contributed by atoms with Crippen molar-refractivity contribution in [2.24, 2.45) is 10.9 Å². The second kappa shape index (κ2) is 6.38. The van der Waals surface area contributed by atoms with Gasteiger partial charge in [0.1, 0.15) is 5.92 Å². The van der Waals surface area contributed by atoms with Gasteiger partial charge in [0.2, 0.25) is 5.91 Å². The molecule has 0 fully saturated rings. The van der Waals surface area contributed by atoms with Gasteiger partial charge in [0.05, 0.1) is 17.8 Å². The highest BCUT2D eigenvalue weighted by Crippen LogP contribution is 2.33. The molecule has 132 valence electrons. The highest BCUT2D eigenvalue weighted by Gasteiger charge is 2.38. The number of aryl methyl sites for hydroxylation is 1. The van der Waals surface area contributed by atoms with Gasteiger partial charge in [0, 0.05) is 21.7 Å². The Bertz CT molecular complexity index is 1040. The van der Waals surface area contributed by atoms with Gasteiger partial charge >= 0.3 is 6.03 Å². The van der Waals surface area contributed by atoms with Crippen LogP contribution in [-0.2, 0) is 4.79 Å². The number of hydrogen-bond acceptors (Lipinski definition) is 4. The van der Waals surface area contributed by atoms with Crippen molar-refractivity contribution in [2.75, 3.05) is 5.32 Å². The summed E-state index contributed by atoms with van der Waals surface area (Å²) < 4.78 is 0. The maximum Gasteiger partial charge on any atom is 0.341 e. The quantitative estimate of drug-likeness (QED) is 0.661. The second-order valence-corrected chi connectivity index (χ2v) is 7.23. The summed E-state index contributed by atoms with van der Waals surface area (Å²) >= 11 is 1.53. The fourth-order valence-corrected chi connectivity index (χ4v) is 4.24. The van der Waals surface area contributed by atoms with Crippen LogP contribution in [-0.4, -0.2) is 27.8 Å². The van der Waals surface area contributed by atoms with Gasteiger partial charge in [-0.15, -0.1) is 11.3 Å². The van der Waals surface area contributed by atoms with Gasteiger partial charge in [-0.05, 0) is 49.1 Å². The van der Waals surface area contributed by atoms with Crippen LogP contribution in [0.25, 0.3) is 10.9 Å². The van der Waals surface area contributed by atoms with Gasteiger partial charge in [-0.3, -0.25) is 9.89 Å². The number of aromatic amines is 1. The Balaban J connectivity index is 1.65. The number of fused-ring (bicyclic) bond motifs is 1. The largest absolute Gasteiger partial charge is 0.341 e. The smallest absolute Gasteiger partial charge is 0.327 e. The van der Waals surface area contributed by atoms with E-state index in [9.17, 15) is 9.59 Å². The Morgan fingerprint density at radius 2 is 2.12 bits per heavy atom. The Morgan fingerprint density at radius 3 is 2.88 bits per heavy atom. The summed E-state index contributed by atoms with van der Waals surface area (Å²) in [5.74, 6) is -0.767. The lowest BCUT2D eigenvalue weighted by Crippen LogP contribution is -2.45. The Morgan fingerprint density at radius 1 is 1.27 bits per heavy atom. The number of hydrogen-bond donors (Lipinski definition) is 3. The first kappa shape index (κ1) is 16.5. The average Bonchev–Trinajstić information content (AvgIpc) is 3.22. The SMILES string of the molecule is CC1=NC(=O)NC(c2sccc2C)C1C(=O)Nc1ccc2[nH]ncc2c1. The number of thiophene rings is 1. The number of urea groups is 1. The predicted octanol–water partition coefficient (Wildman–Crippen LogP) is 3.41. The van der Waals surface area contributed by atoms with E-state index in [1.807, 2.05) is 36.6 Å². The molecule has 3 N–H and O–H groups in total. The van der Waals surface area contributed by atoms with Crippen LogP contribution in [0.2, 0.25) is 0 Å². The Hall–Kier alpha value is -3.00. The van der Waals surface area contributed by atoms with Gasteiger partial charge in [0.25, 0.3) is 0 Å². The molecule has 1 aromatic carbocycles. The summed E-state index contributed by atoms with van der Waals surface area (Å²) in [6.45, 7) is 3.69. The first-order valence-electron chi connectivity index (χ1n) is 8.16. The van der Waals surface area contributed by atoms with Gasteiger partial charge in [-0.2, -0.15) is 5.10 Å². The maximum absolute atomic E-state index is 13.0. The number of nitrogens with one attached hydrogen (secondary N) is 3. The van der Waals surface area contributed by atoms with Gasteiger partial charge in [0.15, 0.2) is 0 Å². The van der Waals surface area contributed by atoms with Gasteiger partial charge in [-0.1, -0.05) is 0 Å². The number of anilines is 1. The van der Waals surface area contributed by atoms with E-state index < -0.39 is 18.0 Å². The standard InChI is InChI=1S/C18H17N5O2S/c1-9-5-6-26-16(9)15-14(10(2)20-18(25)22-15)17(24)21-12-3-4-13-11(7-12)8-19-23-13/h3-8,14-15H,1-2H3,(H,19,23)(H,21,24)(H,22,25). The number of aromatic nitrogens is 2. The van der Waals surface area contributed by atoms with E-state index in [1.54, 1.807) is 13.1 Å². The number of H-pyrrole nitrogens is 1. The fraction of sp³-hybridized carbons (Fsp3) is 0.222. The van der Waals surface area contributed by atoms with E-state index in [-0.39, 0.29) is 5.91 Å². The molecule has 8 heteroatoms. The minimum Gasteiger partial charge on any atom is -0.327 e. The van der Waals surface area contributed by atoms with Crippen LogP contribution in [0, 0.1) is 12.8 Å². The predicted molar refractivity (Wildman–Crippen MR) is 102 cm³/mol. The number of aliphatic imine (C=N–C) groups is 1. The molecule has 0 spiro atoms. The zero-order valence-corrected chi connectivity index (χ0v) is 15.1. The minimum absolute atomic E-state index is 0.202. The molecule has 3 aromatic rings. The number of carbonyl (C=O) groups excluding carboxylic acids is 2. The van der Waals surface area contributed by atoms with E-state index in [0.717, 1.165) is 21.3 Å². The molecule has 3 amide bonds. The number of nitrogens with zero attached hydrogens (tertiary/aromatic N) is 2. The van der Waals surface area contributed by atoms with E-state index in [1.165, 1.54) is 11.3 Å². The molecule has 7 nitrogen and oxygen atoms in total. The number of benzene rings is 1. The molecule has 1 aliphatic rings. The molecule has 0 saturated heterocycles. The van der Waals surface area contributed by atoms with Crippen molar-refractivity contribution in [3.63, 3.8) is 0 Å². The van der Waals surface area contributed by atoms with Crippen molar-refractivity contribution in [2.45, 2.75) is 19.9 Å². The van der Waals surface area contributed by atoms with Crippen molar-refractivity contribution in [3.05, 3.63) is 46.3 Å². The van der Waals surface area contributed by atoms with Crippen molar-refractivity contribution in [3.8, 4) is 0 Å². The first-order chi connectivity index (χ1) is 12.5. The molecule has 0 radical (unpaired) electrons. The molecule has 3 heterocycles. The third kappa shape index (κ3) is 2.88. The van der Waals surface area contributed by atoms with Crippen LogP contribution >= 0.6 is 11.3 Å². The highest BCUT2D eigenvalue weighted by atomic mass is 32.1. The molecule has 2 atom stereocenters. The number of rotatable bonds is 3. The molecule has 1 aliphatic heterocycles. The van der Waals surface area contributed by atoms with Crippen molar-refractivity contribution in [1.82, 2.24) is 15.5 Å². The number of amides is 3. The molecular formula is C18H17N5O2S. The zero-order valence-electron chi connectivity index (χ0n) is 14.2. The van der Waals surface area contributed by atoms with Gasteiger partial charge in [-0.25, -0.2) is 9.79 Å². The normalized spacial score (nSPS) is 19.9. The monoisotopic (exact) mass is 367 g/mol. The molecular weight excluding hydrogens is 350 g/mol. The van der Waals surface area contributed by atoms with Crippen molar-refractivity contribution >= 4 is 45.6 Å². The third-order valence-electron chi connectivity index (χ3n) is 4.51. The Kier molecular flexibility index (Phi) is 4.04. The van der Waals surface area contributed by atoms with Crippen molar-refractivity contribution in [1.29, 1.82) is 0 Å². The Labute approximate surface area is 153 Å². The van der Waals surface area contributed by atoms with Crippen LogP contribution in [0.5, 0.6) is 0 Å². The zero-order chi connectivity index (χ0) is 18.3. The van der Waals surface area contributed by atoms with Crippen molar-refractivity contribution < 1.29 is 9.59 Å². The minimum atomic E-state index is -0.565. The lowest BCUT2D eigenvalue weighted by molar-refractivity contribution is -0.118. The van der Waals surface area contributed by atoms with E-state index in [2.05, 4.69) is 25.8 Å². The maximum atomic E-state index is 13.0. The summed E-state index contributed by atoms with van der Waals surface area (Å²) in [5.41, 5.74) is 3.13. The van der Waals surface area contributed by atoms with Crippen LogP contribution in [0.3, 0.4) is 0 Å². The molecule has 2 unspecified atom stereocenters. The summed E-state index contributed by atoms with van der Waals surface area (Å²) in [6, 6.07) is 6.69. The first-order valence-corrected chi connectivity index (χ1v) is 9.04. The van der Waals surface area contributed by atoms with Crippen LogP contribution in [0.4, 0.5) is 10.5 Å². The molecule has 0 saturated carbocycles. The van der Waals surface area contributed by atoms with Crippen LogP contribution in [0.1, 0.15) is 23.4 Å². The lowest BCUT2D eigenvalue weighted by Gasteiger charge is -2.30. The summed E-state index contributed by atoms with van der Waals surface area (Å²) in [7, 11) is 0. The fourth-order valence-electron chi connectivity index (χ4n) is 3.22. The summed E-state index contributed by atoms with van der Waals surface area (Å²) in [6.07, 6.45) is 1.70. The third-order valence-corrected chi connectivity index (χ3v) is 5.62. The van der Waals surface area contributed by atoms with Crippen LogP contribution in [0.15, 0.2) is 40.8 Å². The van der Waals surface area contributed by atoms with E-state index in [0.29, 0.717) is 11.4 Å². The topological polar surface area (TPSA) is 99.2 Å². The van der Waals surface area contributed by atoms with E-state index >= 15 is 0 Å². The summed E-state index contributed by atoms with van der Waals surface area (Å²) in [5, 5.41) is 15.5. The van der Waals surface area contributed by atoms with E-state index in [4.69, 9.17) is 0 Å².